The van der Waals surface area contributed by atoms with E-state index in [4.69, 9.17) is 0 Å². The lowest BCUT2D eigenvalue weighted by molar-refractivity contribution is -0.134. The molecule has 1 N–H and O–H groups in total. The van der Waals surface area contributed by atoms with Crippen molar-refractivity contribution in [2.45, 2.75) is 59.4 Å². The highest BCUT2D eigenvalue weighted by molar-refractivity contribution is 7.84. The number of amides is 3. The van der Waals surface area contributed by atoms with E-state index in [1.165, 1.54) is 6.08 Å². The van der Waals surface area contributed by atoms with Crippen molar-refractivity contribution in [1.82, 2.24) is 10.2 Å². The molecule has 0 saturated carbocycles. The molecule has 0 heterocycles. The van der Waals surface area contributed by atoms with Crippen LogP contribution in [-0.4, -0.2) is 35.7 Å². The van der Waals surface area contributed by atoms with Crippen molar-refractivity contribution in [1.29, 1.82) is 0 Å². The fraction of sp³-hybridized carbons (Fsp3) is 0.688. The third kappa shape index (κ3) is 9.60. The predicted octanol–water partition coefficient (Wildman–Crippen LogP) is 2.53. The normalized spacial score (nSPS) is 12.9. The number of imide groups is 1. The molecule has 0 aromatic rings. The zero-order valence-electron chi connectivity index (χ0n) is 14.0. The number of carbonyl (C=O) groups excluding carboxylic acids is 3. The van der Waals surface area contributed by atoms with Crippen LogP contribution in [0.15, 0.2) is 11.0 Å². The molecule has 0 bridgehead atoms. The molecule has 0 aliphatic rings. The highest BCUT2D eigenvalue weighted by Gasteiger charge is 2.11. The minimum Gasteiger partial charge on any atom is -0.353 e. The van der Waals surface area contributed by atoms with E-state index < -0.39 is 0 Å². The molecule has 1 atom stereocenters. The van der Waals surface area contributed by atoms with E-state index in [1.54, 1.807) is 6.92 Å². The van der Waals surface area contributed by atoms with Crippen LogP contribution >= 0.6 is 12.6 Å². The number of allylic oxidation sites excluding steroid dienone is 1. The van der Waals surface area contributed by atoms with Crippen molar-refractivity contribution in [3.8, 4) is 0 Å². The summed E-state index contributed by atoms with van der Waals surface area (Å²) in [6.45, 7) is 8.17. The monoisotopic (exact) mass is 328 g/mol. The minimum atomic E-state index is -0.356. The Morgan fingerprint density at radius 1 is 1.18 bits per heavy atom. The average Bonchev–Trinajstić information content (AvgIpc) is 2.41. The fourth-order valence-electron chi connectivity index (χ4n) is 1.71. The molecule has 0 aliphatic carbocycles. The van der Waals surface area contributed by atoms with Crippen LogP contribution in [-0.2, 0) is 14.4 Å². The largest absolute Gasteiger partial charge is 0.353 e. The smallest absolute Gasteiger partial charge is 0.253 e. The molecule has 22 heavy (non-hydrogen) atoms. The summed E-state index contributed by atoms with van der Waals surface area (Å²) in [5.41, 5.74) is 0. The first-order valence-corrected chi connectivity index (χ1v) is 8.15. The number of thiol groups is 1. The van der Waals surface area contributed by atoms with Gasteiger partial charge >= 0.3 is 0 Å². The van der Waals surface area contributed by atoms with Gasteiger partial charge in [-0.25, -0.2) is 0 Å². The molecule has 0 rings (SSSR count). The summed E-state index contributed by atoms with van der Waals surface area (Å²) in [7, 11) is 0. The maximum absolute atomic E-state index is 11.7. The Morgan fingerprint density at radius 2 is 1.82 bits per heavy atom. The summed E-state index contributed by atoms with van der Waals surface area (Å²) in [4.78, 5) is 35.9. The number of unbranched alkanes of at least 4 members (excludes halogenated alkanes) is 2. The van der Waals surface area contributed by atoms with E-state index >= 15 is 0 Å². The molecule has 3 amide bonds. The number of carbonyl (C=O) groups is 3. The van der Waals surface area contributed by atoms with Gasteiger partial charge in [-0.3, -0.25) is 19.3 Å². The first kappa shape index (κ1) is 20.7. The lowest BCUT2D eigenvalue weighted by Gasteiger charge is -2.17. The van der Waals surface area contributed by atoms with Crippen molar-refractivity contribution in [3.63, 3.8) is 0 Å². The van der Waals surface area contributed by atoms with Crippen LogP contribution in [0.2, 0.25) is 0 Å². The average molecular weight is 328 g/mol. The summed E-state index contributed by atoms with van der Waals surface area (Å²) >= 11 is 4.01. The first-order chi connectivity index (χ1) is 10.3. The molecular formula is C16H28N2O3S. The maximum atomic E-state index is 11.7. The highest BCUT2D eigenvalue weighted by atomic mass is 32.1. The van der Waals surface area contributed by atoms with E-state index in [-0.39, 0.29) is 17.9 Å². The number of nitrogens with one attached hydrogen (secondary N) is 1. The Kier molecular flexibility index (Phi) is 10.6. The Labute approximate surface area is 138 Å². The molecular weight excluding hydrogens is 300 g/mol. The lowest BCUT2D eigenvalue weighted by atomic mass is 10.1. The van der Waals surface area contributed by atoms with E-state index in [2.05, 4.69) is 31.8 Å². The molecule has 6 heteroatoms. The van der Waals surface area contributed by atoms with Gasteiger partial charge in [0.05, 0.1) is 0 Å². The Morgan fingerprint density at radius 3 is 2.32 bits per heavy atom. The van der Waals surface area contributed by atoms with Crippen molar-refractivity contribution in [2.24, 2.45) is 5.92 Å². The second-order valence-corrected chi connectivity index (χ2v) is 6.54. The zero-order chi connectivity index (χ0) is 17.1. The summed E-state index contributed by atoms with van der Waals surface area (Å²) < 4.78 is 0. The highest BCUT2D eigenvalue weighted by Crippen LogP contribution is 2.05. The topological polar surface area (TPSA) is 66.5 Å². The molecule has 0 aromatic carbocycles. The molecule has 5 nitrogen and oxygen atoms in total. The maximum Gasteiger partial charge on any atom is 0.253 e. The molecule has 0 saturated heterocycles. The predicted molar refractivity (Wildman–Crippen MR) is 91.4 cm³/mol. The van der Waals surface area contributed by atoms with Crippen LogP contribution in [0.5, 0.6) is 0 Å². The molecule has 0 aromatic heterocycles. The van der Waals surface area contributed by atoms with Gasteiger partial charge in [0.2, 0.25) is 12.3 Å². The van der Waals surface area contributed by atoms with Gasteiger partial charge in [0, 0.05) is 25.1 Å². The summed E-state index contributed by atoms with van der Waals surface area (Å²) in [6.07, 6.45) is 4.56. The van der Waals surface area contributed by atoms with Crippen LogP contribution in [0.1, 0.15) is 53.4 Å². The fourth-order valence-corrected chi connectivity index (χ4v) is 1.82. The van der Waals surface area contributed by atoms with Gasteiger partial charge in [-0.1, -0.05) is 20.3 Å². The summed E-state index contributed by atoms with van der Waals surface area (Å²) in [6, 6.07) is 0.173. The van der Waals surface area contributed by atoms with E-state index in [1.807, 2.05) is 6.92 Å². The van der Waals surface area contributed by atoms with Crippen LogP contribution in [0.4, 0.5) is 0 Å². The Hall–Kier alpha value is -1.30. The third-order valence-electron chi connectivity index (χ3n) is 3.43. The van der Waals surface area contributed by atoms with Crippen molar-refractivity contribution in [3.05, 3.63) is 11.0 Å². The number of rotatable bonds is 10. The van der Waals surface area contributed by atoms with E-state index in [0.717, 1.165) is 17.7 Å². The lowest BCUT2D eigenvalue weighted by Crippen LogP contribution is -2.35. The van der Waals surface area contributed by atoms with Gasteiger partial charge < -0.3 is 5.32 Å². The van der Waals surface area contributed by atoms with Gasteiger partial charge in [-0.2, -0.15) is 0 Å². The number of hydrogen-bond acceptors (Lipinski definition) is 4. The quantitative estimate of drug-likeness (QED) is 0.280. The van der Waals surface area contributed by atoms with Crippen molar-refractivity contribution < 1.29 is 14.4 Å². The Balaban J connectivity index is 3.92. The Bertz CT molecular complexity index is 404. The van der Waals surface area contributed by atoms with Crippen molar-refractivity contribution >= 4 is 30.9 Å². The number of nitrogens with zero attached hydrogens (tertiary/aromatic N) is 1. The minimum absolute atomic E-state index is 0.0538. The van der Waals surface area contributed by atoms with E-state index in [9.17, 15) is 14.4 Å². The van der Waals surface area contributed by atoms with Gasteiger partial charge in [0.15, 0.2) is 0 Å². The molecule has 0 fully saturated rings. The zero-order valence-corrected chi connectivity index (χ0v) is 14.9. The van der Waals surface area contributed by atoms with E-state index in [0.29, 0.717) is 36.6 Å². The molecule has 0 aliphatic heterocycles. The van der Waals surface area contributed by atoms with Crippen LogP contribution < -0.4 is 5.32 Å². The van der Waals surface area contributed by atoms with Crippen LogP contribution in [0, 0.1) is 5.92 Å². The van der Waals surface area contributed by atoms with Gasteiger partial charge in [-0.15, -0.1) is 12.6 Å². The molecule has 1 unspecified atom stereocenters. The second-order valence-electron chi connectivity index (χ2n) is 5.83. The van der Waals surface area contributed by atoms with Crippen LogP contribution in [0.25, 0.3) is 0 Å². The SMILES string of the molecule is C/C(S)=C\C(=O)N(C=O)CCCCCC(=O)NC(C)C(C)C. The van der Waals surface area contributed by atoms with Gasteiger partial charge in [0.25, 0.3) is 5.91 Å². The number of hydrogen-bond donors (Lipinski definition) is 2. The van der Waals surface area contributed by atoms with Crippen molar-refractivity contribution in [2.75, 3.05) is 6.54 Å². The summed E-state index contributed by atoms with van der Waals surface area (Å²) in [5.74, 6) is 0.114. The van der Waals surface area contributed by atoms with Crippen LogP contribution in [0.3, 0.4) is 0 Å². The first-order valence-electron chi connectivity index (χ1n) is 7.70. The third-order valence-corrected chi connectivity index (χ3v) is 3.56. The molecule has 0 spiro atoms. The van der Waals surface area contributed by atoms with Gasteiger partial charge in [0.1, 0.15) is 0 Å². The standard InChI is InChI=1S/C16H28N2O3S/c1-12(2)14(4)17-15(20)8-6-5-7-9-18(11-19)16(21)10-13(3)22/h10-12,14,22H,5-9H2,1-4H3,(H,17,20)/b13-10+. The molecule has 0 radical (unpaired) electrons. The van der Waals surface area contributed by atoms with Gasteiger partial charge in [-0.05, 0) is 37.5 Å². The molecule has 126 valence electrons. The summed E-state index contributed by atoms with van der Waals surface area (Å²) in [5, 5.41) is 2.95. The second kappa shape index (κ2) is 11.3.